The molecule has 0 aromatic rings. The zero-order valence-corrected chi connectivity index (χ0v) is 7.53. The van der Waals surface area contributed by atoms with Crippen LogP contribution < -0.4 is 0 Å². The zero-order chi connectivity index (χ0) is 9.84. The van der Waals surface area contributed by atoms with Gasteiger partial charge in [0.05, 0.1) is 11.1 Å². The molecule has 0 spiro atoms. The fourth-order valence-electron chi connectivity index (χ4n) is 1.06. The maximum Gasteiger partial charge on any atom is 0.346 e. The number of cyclic esters (lactones) is 2. The van der Waals surface area contributed by atoms with E-state index in [1.54, 1.807) is 38.2 Å². The van der Waals surface area contributed by atoms with Crippen LogP contribution in [0.4, 0.5) is 0 Å². The van der Waals surface area contributed by atoms with Gasteiger partial charge in [-0.15, -0.1) is 0 Å². The van der Waals surface area contributed by atoms with Gasteiger partial charge in [0, 0.05) is 0 Å². The van der Waals surface area contributed by atoms with E-state index in [9.17, 15) is 9.59 Å². The molecule has 1 rings (SSSR count). The second-order valence-corrected chi connectivity index (χ2v) is 2.50. The molecule has 0 radical (unpaired) electrons. The quantitative estimate of drug-likeness (QED) is 0.475. The normalized spacial score (nSPS) is 18.0. The molecule has 0 aliphatic carbocycles. The maximum atomic E-state index is 11.1. The molecule has 1 aliphatic heterocycles. The molecular weight excluding hydrogens is 168 g/mol. The van der Waals surface area contributed by atoms with Gasteiger partial charge in [-0.3, -0.25) is 0 Å². The highest BCUT2D eigenvalue weighted by molar-refractivity contribution is 6.15. The predicted molar refractivity (Wildman–Crippen MR) is 47.8 cm³/mol. The van der Waals surface area contributed by atoms with Gasteiger partial charge in [-0.2, -0.15) is 0 Å². The highest BCUT2D eigenvalue weighted by Gasteiger charge is 2.28. The predicted octanol–water partition coefficient (Wildman–Crippen LogP) is 1.52. The average molecular weight is 178 g/mol. The average Bonchev–Trinajstić information content (AvgIpc) is 2.33. The maximum absolute atomic E-state index is 11.1. The van der Waals surface area contributed by atoms with Crippen molar-refractivity contribution in [2.75, 3.05) is 0 Å². The summed E-state index contributed by atoms with van der Waals surface area (Å²) < 4.78 is 4.44. The van der Waals surface area contributed by atoms with E-state index in [1.807, 2.05) is 0 Å². The van der Waals surface area contributed by atoms with Crippen LogP contribution in [0.25, 0.3) is 0 Å². The lowest BCUT2D eigenvalue weighted by molar-refractivity contribution is -0.150. The summed E-state index contributed by atoms with van der Waals surface area (Å²) in [5.74, 6) is -1.15. The van der Waals surface area contributed by atoms with Crippen LogP contribution in [0.15, 0.2) is 35.5 Å². The topological polar surface area (TPSA) is 43.4 Å². The van der Waals surface area contributed by atoms with E-state index in [1.165, 1.54) is 0 Å². The first kappa shape index (κ1) is 9.45. The van der Waals surface area contributed by atoms with Crippen LogP contribution in [0, 0.1) is 0 Å². The first-order valence-electron chi connectivity index (χ1n) is 3.97. The summed E-state index contributed by atoms with van der Waals surface area (Å²) in [6.07, 6.45) is 6.53. The number of allylic oxidation sites excluding steroid dienone is 2. The Balaban J connectivity index is 3.17. The number of carbonyl (C=O) groups is 2. The standard InChI is InChI=1S/C10H10O3/c1-3-5-7-8(6-4-2)10(12)13-9(7)11/h3-6H,1-2H3. The van der Waals surface area contributed by atoms with Crippen molar-refractivity contribution in [1.82, 2.24) is 0 Å². The van der Waals surface area contributed by atoms with E-state index in [0.29, 0.717) is 11.1 Å². The lowest BCUT2D eigenvalue weighted by Gasteiger charge is -1.87. The molecule has 3 nitrogen and oxygen atoms in total. The summed E-state index contributed by atoms with van der Waals surface area (Å²) in [4.78, 5) is 22.1. The van der Waals surface area contributed by atoms with Crippen molar-refractivity contribution >= 4 is 11.9 Å². The third-order valence-corrected chi connectivity index (χ3v) is 1.58. The van der Waals surface area contributed by atoms with E-state index < -0.39 is 11.9 Å². The molecule has 1 heterocycles. The Morgan fingerprint density at radius 2 is 1.31 bits per heavy atom. The Kier molecular flexibility index (Phi) is 2.80. The van der Waals surface area contributed by atoms with Crippen molar-refractivity contribution in [3.8, 4) is 0 Å². The SMILES string of the molecule is CC=CC1=C(C=CC)C(=O)OC1=O. The highest BCUT2D eigenvalue weighted by atomic mass is 16.6. The van der Waals surface area contributed by atoms with E-state index in [0.717, 1.165) is 0 Å². The number of esters is 2. The summed E-state index contributed by atoms with van der Waals surface area (Å²) >= 11 is 0. The number of rotatable bonds is 2. The Labute approximate surface area is 76.4 Å². The largest absolute Gasteiger partial charge is 0.386 e. The van der Waals surface area contributed by atoms with Gasteiger partial charge in [-0.25, -0.2) is 9.59 Å². The van der Waals surface area contributed by atoms with Crippen LogP contribution in [-0.2, 0) is 14.3 Å². The van der Waals surface area contributed by atoms with Crippen molar-refractivity contribution < 1.29 is 14.3 Å². The molecule has 1 aliphatic rings. The van der Waals surface area contributed by atoms with E-state index >= 15 is 0 Å². The molecular formula is C10H10O3. The van der Waals surface area contributed by atoms with Gasteiger partial charge < -0.3 is 4.74 Å². The molecule has 0 atom stereocenters. The van der Waals surface area contributed by atoms with Crippen molar-refractivity contribution in [2.45, 2.75) is 13.8 Å². The van der Waals surface area contributed by atoms with Crippen LogP contribution in [0.3, 0.4) is 0 Å². The fraction of sp³-hybridized carbons (Fsp3) is 0.200. The molecule has 0 amide bonds. The number of ether oxygens (including phenoxy) is 1. The molecule has 68 valence electrons. The molecule has 13 heavy (non-hydrogen) atoms. The van der Waals surface area contributed by atoms with E-state index in [4.69, 9.17) is 0 Å². The second kappa shape index (κ2) is 3.85. The zero-order valence-electron chi connectivity index (χ0n) is 7.53. The minimum absolute atomic E-state index is 0.325. The van der Waals surface area contributed by atoms with Crippen molar-refractivity contribution in [3.05, 3.63) is 35.5 Å². The van der Waals surface area contributed by atoms with Gasteiger partial charge in [-0.1, -0.05) is 24.3 Å². The molecule has 0 aromatic carbocycles. The Hall–Kier alpha value is -1.64. The van der Waals surface area contributed by atoms with Crippen molar-refractivity contribution in [1.29, 1.82) is 0 Å². The smallest absolute Gasteiger partial charge is 0.346 e. The Morgan fingerprint density at radius 1 is 0.923 bits per heavy atom. The summed E-state index contributed by atoms with van der Waals surface area (Å²) in [6, 6.07) is 0. The number of hydrogen-bond acceptors (Lipinski definition) is 3. The van der Waals surface area contributed by atoms with Crippen LogP contribution >= 0.6 is 0 Å². The van der Waals surface area contributed by atoms with Crippen molar-refractivity contribution in [3.63, 3.8) is 0 Å². The first-order valence-corrected chi connectivity index (χ1v) is 3.97. The van der Waals surface area contributed by atoms with Gasteiger partial charge in [0.1, 0.15) is 0 Å². The summed E-state index contributed by atoms with van der Waals surface area (Å²) in [5, 5.41) is 0. The molecule has 3 heteroatoms. The fourth-order valence-corrected chi connectivity index (χ4v) is 1.06. The van der Waals surface area contributed by atoms with Crippen LogP contribution in [0.1, 0.15) is 13.8 Å². The highest BCUT2D eigenvalue weighted by Crippen LogP contribution is 2.19. The Bertz CT molecular complexity index is 300. The second-order valence-electron chi connectivity index (χ2n) is 2.50. The number of hydrogen-bond donors (Lipinski definition) is 0. The summed E-state index contributed by atoms with van der Waals surface area (Å²) in [7, 11) is 0. The van der Waals surface area contributed by atoms with Crippen LogP contribution in [0.2, 0.25) is 0 Å². The van der Waals surface area contributed by atoms with Gasteiger partial charge >= 0.3 is 11.9 Å². The molecule has 0 unspecified atom stereocenters. The third-order valence-electron chi connectivity index (χ3n) is 1.58. The van der Waals surface area contributed by atoms with Gasteiger partial charge in [0.15, 0.2) is 0 Å². The molecule has 0 bridgehead atoms. The molecule has 0 N–H and O–H groups in total. The van der Waals surface area contributed by atoms with Gasteiger partial charge in [0.2, 0.25) is 0 Å². The van der Waals surface area contributed by atoms with E-state index in [2.05, 4.69) is 4.74 Å². The molecule has 0 fully saturated rings. The third kappa shape index (κ3) is 1.75. The van der Waals surface area contributed by atoms with Gasteiger partial charge in [0.25, 0.3) is 0 Å². The number of carbonyl (C=O) groups excluding carboxylic acids is 2. The van der Waals surface area contributed by atoms with Crippen molar-refractivity contribution in [2.24, 2.45) is 0 Å². The lowest BCUT2D eigenvalue weighted by atomic mass is 10.1. The monoisotopic (exact) mass is 178 g/mol. The lowest BCUT2D eigenvalue weighted by Crippen LogP contribution is -2.01. The van der Waals surface area contributed by atoms with Crippen LogP contribution in [0.5, 0.6) is 0 Å². The molecule has 0 saturated heterocycles. The molecule has 0 saturated carbocycles. The van der Waals surface area contributed by atoms with Gasteiger partial charge in [-0.05, 0) is 13.8 Å². The molecule has 0 aromatic heterocycles. The minimum Gasteiger partial charge on any atom is -0.386 e. The Morgan fingerprint density at radius 3 is 1.62 bits per heavy atom. The summed E-state index contributed by atoms with van der Waals surface area (Å²) in [5.41, 5.74) is 0.649. The van der Waals surface area contributed by atoms with E-state index in [-0.39, 0.29) is 0 Å². The minimum atomic E-state index is -0.573. The summed E-state index contributed by atoms with van der Waals surface area (Å²) in [6.45, 7) is 3.55. The van der Waals surface area contributed by atoms with Crippen LogP contribution in [-0.4, -0.2) is 11.9 Å². The first-order chi connectivity index (χ1) is 6.20.